The molecule has 0 saturated heterocycles. The van der Waals surface area contributed by atoms with E-state index in [9.17, 15) is 4.21 Å². The smallest absolute Gasteiger partial charge is 0.259 e. The zero-order chi connectivity index (χ0) is 13.0. The first-order chi connectivity index (χ1) is 8.66. The molecule has 0 bridgehead atoms. The van der Waals surface area contributed by atoms with Gasteiger partial charge in [-0.05, 0) is 17.7 Å². The van der Waals surface area contributed by atoms with Gasteiger partial charge in [-0.3, -0.25) is 14.7 Å². The van der Waals surface area contributed by atoms with E-state index < -0.39 is 11.3 Å². The molecule has 0 aliphatic rings. The minimum atomic E-state index is -2.10. The topological polar surface area (TPSA) is 73.2 Å². The zero-order valence-corrected chi connectivity index (χ0v) is 10.3. The van der Waals surface area contributed by atoms with Crippen molar-refractivity contribution in [3.05, 3.63) is 65.7 Å². The molecule has 0 heterocycles. The van der Waals surface area contributed by atoms with E-state index in [1.54, 1.807) is 24.3 Å². The summed E-state index contributed by atoms with van der Waals surface area (Å²) in [4.78, 5) is 0. The summed E-state index contributed by atoms with van der Waals surface area (Å²) in [5.41, 5.74) is 2.38. The van der Waals surface area contributed by atoms with Crippen LogP contribution in [0.3, 0.4) is 0 Å². The van der Waals surface area contributed by atoms with Crippen molar-refractivity contribution in [1.82, 2.24) is 0 Å². The number of benzene rings is 2. The molecule has 18 heavy (non-hydrogen) atoms. The number of hydrogen-bond donors (Lipinski definition) is 3. The third-order valence-corrected chi connectivity index (χ3v) is 2.83. The molecule has 2 aromatic carbocycles. The summed E-state index contributed by atoms with van der Waals surface area (Å²) < 4.78 is 21.8. The molecule has 0 aliphatic heterocycles. The Hall–Kier alpha value is -1.98. The molecule has 2 rings (SSSR count). The minimum absolute atomic E-state index is 0.378. The van der Waals surface area contributed by atoms with Gasteiger partial charge in [-0.2, -0.15) is 0 Å². The van der Waals surface area contributed by atoms with E-state index in [-0.39, 0.29) is 0 Å². The van der Waals surface area contributed by atoms with Crippen LogP contribution in [0, 0.1) is 5.41 Å². The van der Waals surface area contributed by atoms with Crippen LogP contribution in [0.5, 0.6) is 0 Å². The largest absolute Gasteiger partial charge is 0.300 e. The van der Waals surface area contributed by atoms with Gasteiger partial charge in [0.1, 0.15) is 0 Å². The molecule has 0 radical (unpaired) electrons. The van der Waals surface area contributed by atoms with Gasteiger partial charge in [-0.15, -0.1) is 0 Å². The van der Waals surface area contributed by atoms with E-state index >= 15 is 0 Å². The summed E-state index contributed by atoms with van der Waals surface area (Å²) in [7, 11) is 0. The predicted molar refractivity (Wildman–Crippen MR) is 73.2 cm³/mol. The number of hydrogen-bond acceptors (Lipinski definition) is 2. The van der Waals surface area contributed by atoms with E-state index in [4.69, 9.17) is 9.96 Å². The molecule has 0 amide bonds. The van der Waals surface area contributed by atoms with Crippen molar-refractivity contribution in [2.45, 2.75) is 0 Å². The van der Waals surface area contributed by atoms with Crippen LogP contribution in [-0.2, 0) is 11.3 Å². The van der Waals surface area contributed by atoms with Gasteiger partial charge in [-0.25, -0.2) is 4.21 Å². The van der Waals surface area contributed by atoms with Crippen LogP contribution in [0.1, 0.15) is 11.1 Å². The Kier molecular flexibility index (Phi) is 3.86. The molecule has 92 valence electrons. The molecule has 5 heteroatoms. The van der Waals surface area contributed by atoms with Gasteiger partial charge in [0.15, 0.2) is 0 Å². The summed E-state index contributed by atoms with van der Waals surface area (Å²) in [6, 6.07) is 16.2. The van der Waals surface area contributed by atoms with Gasteiger partial charge in [0.05, 0.1) is 5.71 Å². The van der Waals surface area contributed by atoms with Crippen molar-refractivity contribution >= 4 is 22.7 Å². The SMILES string of the molecule is N=C(c1ccccc1)c1cccc(NS(=O)O)c1. The Labute approximate surface area is 108 Å². The average molecular weight is 260 g/mol. The Bertz CT molecular complexity index is 585. The Morgan fingerprint density at radius 3 is 2.39 bits per heavy atom. The van der Waals surface area contributed by atoms with Gasteiger partial charge < -0.3 is 0 Å². The second-order valence-electron chi connectivity index (χ2n) is 3.67. The van der Waals surface area contributed by atoms with E-state index in [2.05, 4.69) is 4.72 Å². The van der Waals surface area contributed by atoms with Crippen molar-refractivity contribution in [3.8, 4) is 0 Å². The van der Waals surface area contributed by atoms with E-state index in [0.717, 1.165) is 5.56 Å². The van der Waals surface area contributed by atoms with Gasteiger partial charge in [0.25, 0.3) is 11.3 Å². The number of nitrogens with one attached hydrogen (secondary N) is 2. The molecule has 0 fully saturated rings. The third-order valence-electron chi connectivity index (χ3n) is 2.42. The second kappa shape index (κ2) is 5.57. The number of anilines is 1. The summed E-state index contributed by atoms with van der Waals surface area (Å²) in [5.74, 6) is 0. The van der Waals surface area contributed by atoms with Gasteiger partial charge in [0, 0.05) is 11.3 Å². The van der Waals surface area contributed by atoms with Gasteiger partial charge in [0.2, 0.25) is 0 Å². The van der Waals surface area contributed by atoms with E-state index in [1.165, 1.54) is 0 Å². The maximum atomic E-state index is 10.7. The lowest BCUT2D eigenvalue weighted by Crippen LogP contribution is -2.05. The first-order valence-corrected chi connectivity index (χ1v) is 6.39. The first kappa shape index (κ1) is 12.5. The van der Waals surface area contributed by atoms with Crippen LogP contribution in [0.4, 0.5) is 5.69 Å². The first-order valence-electron chi connectivity index (χ1n) is 5.29. The van der Waals surface area contributed by atoms with Crippen molar-refractivity contribution in [2.24, 2.45) is 0 Å². The molecule has 1 atom stereocenters. The highest BCUT2D eigenvalue weighted by Gasteiger charge is 2.05. The molecule has 3 N–H and O–H groups in total. The highest BCUT2D eigenvalue weighted by molar-refractivity contribution is 7.80. The lowest BCUT2D eigenvalue weighted by molar-refractivity contribution is 0.570. The minimum Gasteiger partial charge on any atom is -0.300 e. The van der Waals surface area contributed by atoms with Crippen LogP contribution in [0.15, 0.2) is 54.6 Å². The van der Waals surface area contributed by atoms with Crippen molar-refractivity contribution < 1.29 is 8.76 Å². The molecular formula is C13H12N2O2S. The van der Waals surface area contributed by atoms with Crippen molar-refractivity contribution in [3.63, 3.8) is 0 Å². The second-order valence-corrected chi connectivity index (χ2v) is 4.38. The molecule has 0 aromatic heterocycles. The zero-order valence-electron chi connectivity index (χ0n) is 9.46. The Morgan fingerprint density at radius 1 is 1.06 bits per heavy atom. The van der Waals surface area contributed by atoms with Crippen molar-refractivity contribution in [2.75, 3.05) is 4.72 Å². The maximum Gasteiger partial charge on any atom is 0.259 e. The summed E-state index contributed by atoms with van der Waals surface area (Å²) in [5, 5.41) is 8.08. The molecule has 4 nitrogen and oxygen atoms in total. The van der Waals surface area contributed by atoms with Crippen LogP contribution in [0.25, 0.3) is 0 Å². The summed E-state index contributed by atoms with van der Waals surface area (Å²) in [6.07, 6.45) is 0. The fourth-order valence-corrected chi connectivity index (χ4v) is 1.94. The molecule has 1 unspecified atom stereocenters. The van der Waals surface area contributed by atoms with Crippen LogP contribution in [0.2, 0.25) is 0 Å². The third kappa shape index (κ3) is 3.03. The number of rotatable bonds is 4. The summed E-state index contributed by atoms with van der Waals surface area (Å²) >= 11 is -2.10. The normalized spacial score (nSPS) is 11.8. The Morgan fingerprint density at radius 2 is 1.72 bits per heavy atom. The predicted octanol–water partition coefficient (Wildman–Crippen LogP) is 2.65. The van der Waals surface area contributed by atoms with Gasteiger partial charge >= 0.3 is 0 Å². The average Bonchev–Trinajstić information content (AvgIpc) is 2.38. The standard InChI is InChI=1S/C13H12N2O2S/c14-13(10-5-2-1-3-6-10)11-7-4-8-12(9-11)15-18(16)17/h1-9,14-15H,(H,16,17). The highest BCUT2D eigenvalue weighted by Crippen LogP contribution is 2.15. The van der Waals surface area contributed by atoms with Crippen LogP contribution < -0.4 is 4.72 Å². The van der Waals surface area contributed by atoms with Crippen LogP contribution in [-0.4, -0.2) is 14.5 Å². The molecule has 0 spiro atoms. The fraction of sp³-hybridized carbons (Fsp3) is 0. The lowest BCUT2D eigenvalue weighted by atomic mass is 10.0. The Balaban J connectivity index is 2.29. The molecule has 0 saturated carbocycles. The van der Waals surface area contributed by atoms with Crippen LogP contribution >= 0.6 is 0 Å². The van der Waals surface area contributed by atoms with E-state index in [1.807, 2.05) is 30.3 Å². The molecule has 2 aromatic rings. The maximum absolute atomic E-state index is 10.7. The fourth-order valence-electron chi connectivity index (χ4n) is 1.61. The summed E-state index contributed by atoms with van der Waals surface area (Å²) in [6.45, 7) is 0. The quantitative estimate of drug-likeness (QED) is 0.584. The molecule has 0 aliphatic carbocycles. The monoisotopic (exact) mass is 260 g/mol. The lowest BCUT2D eigenvalue weighted by Gasteiger charge is -2.07. The van der Waals surface area contributed by atoms with Gasteiger partial charge in [-0.1, -0.05) is 42.5 Å². The highest BCUT2D eigenvalue weighted by atomic mass is 32.2. The van der Waals surface area contributed by atoms with Crippen molar-refractivity contribution in [1.29, 1.82) is 5.41 Å². The van der Waals surface area contributed by atoms with E-state index in [0.29, 0.717) is 17.0 Å². The molecular weight excluding hydrogens is 248 g/mol.